The SMILES string of the molecule is N#Cc1c(N)nc2sc(OC(=O)Nc3ccc(Br)cc3)c(N)c2c1-c1ccco1. The normalized spacial score (nSPS) is 10.6. The van der Waals surface area contributed by atoms with Crippen molar-refractivity contribution < 1.29 is 13.9 Å². The number of carbonyl (C=O) groups is 1. The second-order valence-electron chi connectivity index (χ2n) is 5.84. The summed E-state index contributed by atoms with van der Waals surface area (Å²) in [5.74, 6) is 0.453. The maximum absolute atomic E-state index is 12.3. The third-order valence-electron chi connectivity index (χ3n) is 4.03. The predicted molar refractivity (Wildman–Crippen MR) is 115 cm³/mol. The minimum absolute atomic E-state index is 0.0403. The molecule has 8 nitrogen and oxygen atoms in total. The Morgan fingerprint density at radius 2 is 2.03 bits per heavy atom. The highest BCUT2D eigenvalue weighted by Crippen LogP contribution is 2.46. The summed E-state index contributed by atoms with van der Waals surface area (Å²) >= 11 is 4.38. The molecule has 1 amide bonds. The lowest BCUT2D eigenvalue weighted by Gasteiger charge is -2.07. The zero-order chi connectivity index (χ0) is 20.5. The highest BCUT2D eigenvalue weighted by molar-refractivity contribution is 9.10. The van der Waals surface area contributed by atoms with Crippen LogP contribution in [0.4, 0.5) is 22.0 Å². The molecule has 5 N–H and O–H groups in total. The second-order valence-corrected chi connectivity index (χ2v) is 7.72. The maximum atomic E-state index is 12.3. The molecule has 0 unspecified atom stereocenters. The van der Waals surface area contributed by atoms with E-state index in [1.54, 1.807) is 36.4 Å². The Hall–Kier alpha value is -3.55. The number of benzene rings is 1. The van der Waals surface area contributed by atoms with Crippen molar-refractivity contribution in [1.82, 2.24) is 4.98 Å². The molecule has 1 aromatic carbocycles. The number of hydrogen-bond acceptors (Lipinski definition) is 8. The molecule has 0 saturated carbocycles. The number of nitrogens with zero attached hydrogens (tertiary/aromatic N) is 2. The van der Waals surface area contributed by atoms with Gasteiger partial charge in [-0.2, -0.15) is 5.26 Å². The number of pyridine rings is 1. The minimum Gasteiger partial charge on any atom is -0.464 e. The van der Waals surface area contributed by atoms with Crippen LogP contribution in [0.2, 0.25) is 0 Å². The van der Waals surface area contributed by atoms with Crippen LogP contribution in [0.1, 0.15) is 5.56 Å². The number of nitrogen functional groups attached to an aromatic ring is 2. The molecular formula is C19H12BrN5O3S. The topological polar surface area (TPSA) is 140 Å². The summed E-state index contributed by atoms with van der Waals surface area (Å²) in [5, 5.41) is 12.7. The van der Waals surface area contributed by atoms with Gasteiger partial charge in [0.2, 0.25) is 5.06 Å². The fraction of sp³-hybridized carbons (Fsp3) is 0. The number of anilines is 3. The Morgan fingerprint density at radius 1 is 1.28 bits per heavy atom. The molecule has 0 saturated heterocycles. The van der Waals surface area contributed by atoms with Gasteiger partial charge >= 0.3 is 6.09 Å². The van der Waals surface area contributed by atoms with Crippen LogP contribution in [0.15, 0.2) is 51.6 Å². The number of nitriles is 1. The average molecular weight is 470 g/mol. The number of furan rings is 1. The van der Waals surface area contributed by atoms with Gasteiger partial charge < -0.3 is 20.6 Å². The summed E-state index contributed by atoms with van der Waals surface area (Å²) in [7, 11) is 0. The van der Waals surface area contributed by atoms with Gasteiger partial charge in [-0.15, -0.1) is 0 Å². The Kier molecular flexibility index (Phi) is 4.84. The summed E-state index contributed by atoms with van der Waals surface area (Å²) < 4.78 is 11.7. The average Bonchev–Trinajstić information content (AvgIpc) is 3.32. The van der Waals surface area contributed by atoms with Crippen molar-refractivity contribution in [2.24, 2.45) is 0 Å². The van der Waals surface area contributed by atoms with Crippen LogP contribution in [0.5, 0.6) is 5.06 Å². The van der Waals surface area contributed by atoms with Gasteiger partial charge in [0.1, 0.15) is 28.0 Å². The molecule has 144 valence electrons. The van der Waals surface area contributed by atoms with E-state index in [-0.39, 0.29) is 22.1 Å². The number of thiophene rings is 1. The van der Waals surface area contributed by atoms with Gasteiger partial charge in [-0.1, -0.05) is 27.3 Å². The molecule has 4 rings (SSSR count). The Morgan fingerprint density at radius 3 is 2.69 bits per heavy atom. The number of rotatable bonds is 3. The molecule has 0 aliphatic carbocycles. The van der Waals surface area contributed by atoms with Crippen LogP contribution in [0.3, 0.4) is 0 Å². The Labute approximate surface area is 176 Å². The number of carbonyl (C=O) groups excluding carboxylic acids is 1. The molecule has 0 radical (unpaired) electrons. The Balaban J connectivity index is 1.74. The molecule has 0 atom stereocenters. The number of fused-ring (bicyclic) bond motifs is 1. The van der Waals surface area contributed by atoms with Crippen molar-refractivity contribution in [2.75, 3.05) is 16.8 Å². The highest BCUT2D eigenvalue weighted by Gasteiger charge is 2.24. The van der Waals surface area contributed by atoms with E-state index in [0.29, 0.717) is 27.2 Å². The molecule has 0 bridgehead atoms. The first-order chi connectivity index (χ1) is 14.0. The standard InChI is InChI=1S/C19H12BrN5O3S/c20-9-3-5-10(6-4-9)24-19(26)28-18-15(22)14-13(12-2-1-7-27-12)11(8-21)16(23)25-17(14)29-18/h1-7H,22H2,(H2,23,25)(H,24,26). The number of amides is 1. The zero-order valence-corrected chi connectivity index (χ0v) is 17.0. The quantitative estimate of drug-likeness (QED) is 0.384. The monoisotopic (exact) mass is 469 g/mol. The summed E-state index contributed by atoms with van der Waals surface area (Å²) in [6.07, 6.45) is 0.767. The van der Waals surface area contributed by atoms with Crippen LogP contribution in [0.25, 0.3) is 21.5 Å². The smallest absolute Gasteiger partial charge is 0.417 e. The van der Waals surface area contributed by atoms with Crippen LogP contribution in [0, 0.1) is 11.3 Å². The highest BCUT2D eigenvalue weighted by atomic mass is 79.9. The van der Waals surface area contributed by atoms with Crippen molar-refractivity contribution in [2.45, 2.75) is 0 Å². The van der Waals surface area contributed by atoms with E-state index in [9.17, 15) is 10.1 Å². The van der Waals surface area contributed by atoms with Crippen LogP contribution < -0.4 is 21.5 Å². The van der Waals surface area contributed by atoms with Crippen molar-refractivity contribution in [3.05, 3.63) is 52.7 Å². The number of nitrogens with two attached hydrogens (primary N) is 2. The first-order valence-corrected chi connectivity index (χ1v) is 9.78. The lowest BCUT2D eigenvalue weighted by atomic mass is 10.0. The van der Waals surface area contributed by atoms with Gasteiger partial charge in [0.15, 0.2) is 0 Å². The molecule has 3 aromatic heterocycles. The zero-order valence-electron chi connectivity index (χ0n) is 14.6. The van der Waals surface area contributed by atoms with E-state index in [2.05, 4.69) is 26.2 Å². The number of halogens is 1. The first kappa shape index (κ1) is 18.8. The second kappa shape index (κ2) is 7.46. The molecule has 0 aliphatic heterocycles. The molecule has 0 fully saturated rings. The van der Waals surface area contributed by atoms with Gasteiger partial charge in [-0.25, -0.2) is 9.78 Å². The van der Waals surface area contributed by atoms with Crippen molar-refractivity contribution in [3.63, 3.8) is 0 Å². The van der Waals surface area contributed by atoms with Crippen molar-refractivity contribution in [1.29, 1.82) is 5.26 Å². The molecule has 0 spiro atoms. The molecule has 0 aliphatic rings. The maximum Gasteiger partial charge on any atom is 0.417 e. The minimum atomic E-state index is -0.710. The lowest BCUT2D eigenvalue weighted by molar-refractivity contribution is 0.217. The number of aromatic nitrogens is 1. The van der Waals surface area contributed by atoms with Gasteiger partial charge in [-0.05, 0) is 36.4 Å². The van der Waals surface area contributed by atoms with Crippen LogP contribution in [-0.4, -0.2) is 11.1 Å². The van der Waals surface area contributed by atoms with Gasteiger partial charge in [0, 0.05) is 10.2 Å². The molecular weight excluding hydrogens is 458 g/mol. The predicted octanol–water partition coefficient (Wildman–Crippen LogP) is 4.97. The largest absolute Gasteiger partial charge is 0.464 e. The third-order valence-corrected chi connectivity index (χ3v) is 5.53. The first-order valence-electron chi connectivity index (χ1n) is 8.17. The number of hydrogen-bond donors (Lipinski definition) is 3. The molecule has 29 heavy (non-hydrogen) atoms. The van der Waals surface area contributed by atoms with E-state index < -0.39 is 6.09 Å². The number of nitrogens with one attached hydrogen (secondary N) is 1. The summed E-state index contributed by atoms with van der Waals surface area (Å²) in [6, 6.07) is 12.4. The van der Waals surface area contributed by atoms with Crippen LogP contribution in [-0.2, 0) is 0 Å². The van der Waals surface area contributed by atoms with E-state index in [0.717, 1.165) is 15.8 Å². The van der Waals surface area contributed by atoms with Crippen molar-refractivity contribution in [3.8, 4) is 22.5 Å². The van der Waals surface area contributed by atoms with E-state index in [1.807, 2.05) is 6.07 Å². The summed E-state index contributed by atoms with van der Waals surface area (Å²) in [5.41, 5.74) is 13.5. The third kappa shape index (κ3) is 3.49. The van der Waals surface area contributed by atoms with E-state index in [4.69, 9.17) is 20.6 Å². The number of ether oxygens (including phenoxy) is 1. The van der Waals surface area contributed by atoms with E-state index in [1.165, 1.54) is 6.26 Å². The van der Waals surface area contributed by atoms with Crippen molar-refractivity contribution >= 4 is 60.8 Å². The van der Waals surface area contributed by atoms with Gasteiger partial charge in [-0.3, -0.25) is 5.32 Å². The molecule has 4 aromatic rings. The lowest BCUT2D eigenvalue weighted by Crippen LogP contribution is -2.16. The summed E-state index contributed by atoms with van der Waals surface area (Å²) in [6.45, 7) is 0. The van der Waals surface area contributed by atoms with Crippen LogP contribution >= 0.6 is 27.3 Å². The fourth-order valence-corrected chi connectivity index (χ4v) is 3.99. The van der Waals surface area contributed by atoms with Gasteiger partial charge in [0.05, 0.1) is 22.9 Å². The summed E-state index contributed by atoms with van der Waals surface area (Å²) in [4.78, 5) is 17.0. The van der Waals surface area contributed by atoms with Gasteiger partial charge in [0.25, 0.3) is 0 Å². The van der Waals surface area contributed by atoms with E-state index >= 15 is 0 Å². The fourth-order valence-electron chi connectivity index (χ4n) is 2.77. The molecule has 3 heterocycles. The molecule has 10 heteroatoms. The Bertz CT molecular complexity index is 1260.